The van der Waals surface area contributed by atoms with Crippen LogP contribution in [0.25, 0.3) is 11.4 Å². The maximum atomic E-state index is 13.0. The van der Waals surface area contributed by atoms with Crippen molar-refractivity contribution in [3.8, 4) is 17.1 Å². The van der Waals surface area contributed by atoms with Crippen molar-refractivity contribution >= 4 is 10.0 Å². The number of ether oxygens (including phenoxy) is 1. The van der Waals surface area contributed by atoms with Gasteiger partial charge in [-0.25, -0.2) is 12.8 Å². The first kappa shape index (κ1) is 18.0. The number of methoxy groups -OCH3 is 1. The number of sulfonamides is 1. The van der Waals surface area contributed by atoms with Crippen molar-refractivity contribution in [3.63, 3.8) is 0 Å². The second-order valence-corrected chi connectivity index (χ2v) is 7.14. The summed E-state index contributed by atoms with van der Waals surface area (Å²) in [6.07, 6.45) is 0. The topological polar surface area (TPSA) is 94.3 Å². The van der Waals surface area contributed by atoms with Crippen LogP contribution in [0.2, 0.25) is 0 Å². The number of rotatable bonds is 6. The Balaban J connectivity index is 1.82. The van der Waals surface area contributed by atoms with Crippen molar-refractivity contribution in [2.75, 3.05) is 7.11 Å². The van der Waals surface area contributed by atoms with Crippen LogP contribution in [0, 0.1) is 5.82 Å². The molecule has 0 spiro atoms. The van der Waals surface area contributed by atoms with Gasteiger partial charge in [-0.05, 0) is 43.3 Å². The molecule has 0 bridgehead atoms. The first-order valence-electron chi connectivity index (χ1n) is 7.65. The fraction of sp³-hybridized carbons (Fsp3) is 0.176. The van der Waals surface area contributed by atoms with E-state index in [9.17, 15) is 12.8 Å². The van der Waals surface area contributed by atoms with Gasteiger partial charge in [0, 0.05) is 5.56 Å². The van der Waals surface area contributed by atoms with Crippen LogP contribution in [0.1, 0.15) is 18.9 Å². The van der Waals surface area contributed by atoms with Crippen molar-refractivity contribution in [1.82, 2.24) is 14.9 Å². The zero-order chi connectivity index (χ0) is 18.7. The fourth-order valence-electron chi connectivity index (χ4n) is 2.31. The average Bonchev–Trinajstić information content (AvgIpc) is 3.12. The van der Waals surface area contributed by atoms with E-state index in [2.05, 4.69) is 14.9 Å². The highest BCUT2D eigenvalue weighted by Crippen LogP contribution is 2.25. The minimum absolute atomic E-state index is 0.00706. The lowest BCUT2D eigenvalue weighted by Crippen LogP contribution is -2.27. The van der Waals surface area contributed by atoms with Crippen LogP contribution in [0.15, 0.2) is 57.9 Å². The maximum absolute atomic E-state index is 13.0. The van der Waals surface area contributed by atoms with Gasteiger partial charge in [0.2, 0.25) is 21.7 Å². The second kappa shape index (κ2) is 7.22. The Morgan fingerprint density at radius 3 is 2.54 bits per heavy atom. The van der Waals surface area contributed by atoms with Crippen molar-refractivity contribution in [1.29, 1.82) is 0 Å². The van der Waals surface area contributed by atoms with Gasteiger partial charge in [-0.2, -0.15) is 9.71 Å². The zero-order valence-electron chi connectivity index (χ0n) is 14.0. The third-order valence-corrected chi connectivity index (χ3v) is 5.19. The van der Waals surface area contributed by atoms with Crippen LogP contribution in [-0.4, -0.2) is 25.7 Å². The Kier molecular flexibility index (Phi) is 5.01. The summed E-state index contributed by atoms with van der Waals surface area (Å²) < 4.78 is 50.9. The Morgan fingerprint density at radius 1 is 1.15 bits per heavy atom. The van der Waals surface area contributed by atoms with Crippen LogP contribution < -0.4 is 9.46 Å². The summed E-state index contributed by atoms with van der Waals surface area (Å²) >= 11 is 0. The summed E-state index contributed by atoms with van der Waals surface area (Å²) in [5.74, 6) is 0.172. The molecule has 0 saturated heterocycles. The van der Waals surface area contributed by atoms with Crippen molar-refractivity contribution in [2.24, 2.45) is 0 Å². The van der Waals surface area contributed by atoms with E-state index in [1.54, 1.807) is 25.1 Å². The number of nitrogens with zero attached hydrogens (tertiary/aromatic N) is 2. The van der Waals surface area contributed by atoms with E-state index in [0.717, 1.165) is 0 Å². The lowest BCUT2D eigenvalue weighted by Gasteiger charge is -2.13. The van der Waals surface area contributed by atoms with Crippen molar-refractivity contribution in [3.05, 3.63) is 60.2 Å². The smallest absolute Gasteiger partial charge is 0.244 e. The monoisotopic (exact) mass is 377 g/mol. The lowest BCUT2D eigenvalue weighted by molar-refractivity contribution is 0.353. The van der Waals surface area contributed by atoms with Crippen LogP contribution >= 0.6 is 0 Å². The van der Waals surface area contributed by atoms with Crippen LogP contribution in [0.5, 0.6) is 5.75 Å². The number of nitrogens with one attached hydrogen (secondary N) is 1. The molecule has 1 N–H and O–H groups in total. The summed E-state index contributed by atoms with van der Waals surface area (Å²) in [4.78, 5) is 4.18. The van der Waals surface area contributed by atoms with Gasteiger partial charge in [0.15, 0.2) is 0 Å². The quantitative estimate of drug-likeness (QED) is 0.710. The fourth-order valence-corrected chi connectivity index (χ4v) is 3.68. The molecule has 1 atom stereocenters. The van der Waals surface area contributed by atoms with E-state index in [0.29, 0.717) is 5.56 Å². The van der Waals surface area contributed by atoms with Crippen LogP contribution in [0.3, 0.4) is 0 Å². The van der Waals surface area contributed by atoms with Gasteiger partial charge >= 0.3 is 0 Å². The van der Waals surface area contributed by atoms with Gasteiger partial charge in [-0.1, -0.05) is 17.3 Å². The summed E-state index contributed by atoms with van der Waals surface area (Å²) in [6, 6.07) is 11.1. The van der Waals surface area contributed by atoms with Crippen molar-refractivity contribution in [2.45, 2.75) is 17.9 Å². The molecule has 0 amide bonds. The largest absolute Gasteiger partial charge is 0.495 e. The van der Waals surface area contributed by atoms with E-state index in [1.165, 1.54) is 37.4 Å². The molecule has 0 saturated carbocycles. The molecule has 9 heteroatoms. The first-order chi connectivity index (χ1) is 12.4. The van der Waals surface area contributed by atoms with Crippen LogP contribution in [-0.2, 0) is 10.0 Å². The maximum Gasteiger partial charge on any atom is 0.244 e. The second-order valence-electron chi connectivity index (χ2n) is 5.46. The van der Waals surface area contributed by atoms with Crippen LogP contribution in [0.4, 0.5) is 4.39 Å². The first-order valence-corrected chi connectivity index (χ1v) is 9.14. The van der Waals surface area contributed by atoms with Gasteiger partial charge in [0.05, 0.1) is 13.2 Å². The Hall–Kier alpha value is -2.78. The van der Waals surface area contributed by atoms with Gasteiger partial charge in [0.1, 0.15) is 16.5 Å². The third kappa shape index (κ3) is 3.73. The predicted octanol–water partition coefficient (Wildman–Crippen LogP) is 2.92. The predicted molar refractivity (Wildman–Crippen MR) is 91.4 cm³/mol. The molecule has 2 aromatic carbocycles. The molecule has 0 radical (unpaired) electrons. The normalized spacial score (nSPS) is 12.7. The number of hydrogen-bond donors (Lipinski definition) is 1. The molecule has 7 nitrogen and oxygen atoms in total. The molecule has 3 aromatic rings. The third-order valence-electron chi connectivity index (χ3n) is 3.61. The van der Waals surface area contributed by atoms with E-state index in [4.69, 9.17) is 9.26 Å². The Bertz CT molecular complexity index is 1000. The molecule has 1 aromatic heterocycles. The minimum atomic E-state index is -3.86. The molecular weight excluding hydrogens is 361 g/mol. The number of benzene rings is 2. The molecule has 26 heavy (non-hydrogen) atoms. The molecule has 1 unspecified atom stereocenters. The van der Waals surface area contributed by atoms with Gasteiger partial charge in [-0.15, -0.1) is 0 Å². The van der Waals surface area contributed by atoms with E-state index >= 15 is 0 Å². The van der Waals surface area contributed by atoms with Gasteiger partial charge in [0.25, 0.3) is 0 Å². The van der Waals surface area contributed by atoms with E-state index in [1.807, 2.05) is 0 Å². The summed E-state index contributed by atoms with van der Waals surface area (Å²) in [7, 11) is -2.47. The Labute approximate surface area is 149 Å². The highest BCUT2D eigenvalue weighted by molar-refractivity contribution is 7.89. The summed E-state index contributed by atoms with van der Waals surface area (Å²) in [5.41, 5.74) is 0.557. The minimum Gasteiger partial charge on any atom is -0.495 e. The SMILES string of the molecule is COc1ccccc1S(=O)(=O)NC(C)c1nc(-c2ccc(F)cc2)no1. The summed E-state index contributed by atoms with van der Waals surface area (Å²) in [5, 5.41) is 3.81. The summed E-state index contributed by atoms with van der Waals surface area (Å²) in [6.45, 7) is 1.58. The highest BCUT2D eigenvalue weighted by atomic mass is 32.2. The standard InChI is InChI=1S/C17H16FN3O4S/c1-11(21-26(22,23)15-6-4-3-5-14(15)24-2)17-19-16(20-25-17)12-7-9-13(18)10-8-12/h3-11,21H,1-2H3. The average molecular weight is 377 g/mol. The molecule has 1 heterocycles. The van der Waals surface area contributed by atoms with Gasteiger partial charge < -0.3 is 9.26 Å². The molecule has 0 fully saturated rings. The zero-order valence-corrected chi connectivity index (χ0v) is 14.8. The molecule has 3 rings (SSSR count). The van der Waals surface area contributed by atoms with E-state index in [-0.39, 0.29) is 28.2 Å². The number of hydrogen-bond acceptors (Lipinski definition) is 6. The molecule has 0 aliphatic rings. The molecule has 0 aliphatic carbocycles. The number of halogens is 1. The van der Waals surface area contributed by atoms with Crippen molar-refractivity contribution < 1.29 is 22.1 Å². The van der Waals surface area contributed by atoms with Gasteiger partial charge in [-0.3, -0.25) is 0 Å². The highest BCUT2D eigenvalue weighted by Gasteiger charge is 2.25. The molecule has 0 aliphatic heterocycles. The van der Waals surface area contributed by atoms with E-state index < -0.39 is 16.1 Å². The Morgan fingerprint density at radius 2 is 1.85 bits per heavy atom. The molecular formula is C17H16FN3O4S. The number of aromatic nitrogens is 2. The number of para-hydroxylation sites is 1. The lowest BCUT2D eigenvalue weighted by atomic mass is 10.2. The molecule has 136 valence electrons.